The molecule has 0 bridgehead atoms. The zero-order chi connectivity index (χ0) is 13.5. The van der Waals surface area contributed by atoms with Gasteiger partial charge in [0.2, 0.25) is 8.30 Å². The van der Waals surface area contributed by atoms with Crippen LogP contribution < -0.4 is 9.96 Å². The van der Waals surface area contributed by atoms with Crippen LogP contribution in [0.2, 0.25) is 0 Å². The van der Waals surface area contributed by atoms with Crippen LogP contribution in [-0.2, 0) is 0 Å². The van der Waals surface area contributed by atoms with Crippen molar-refractivity contribution in [2.24, 2.45) is 0 Å². The van der Waals surface area contributed by atoms with Crippen molar-refractivity contribution in [3.8, 4) is 5.75 Å². The summed E-state index contributed by atoms with van der Waals surface area (Å²) in [4.78, 5) is 4.45. The van der Waals surface area contributed by atoms with E-state index in [9.17, 15) is 0 Å². The highest BCUT2D eigenvalue weighted by Crippen LogP contribution is 2.40. The minimum Gasteiger partial charge on any atom is -0.452 e. The molecule has 0 spiro atoms. The summed E-state index contributed by atoms with van der Waals surface area (Å²) in [7, 11) is -0.873. The zero-order valence-corrected chi connectivity index (χ0v) is 12.3. The minimum absolute atomic E-state index is 0.873. The number of aromatic nitrogens is 1. The zero-order valence-electron chi connectivity index (χ0n) is 11.4. The monoisotopic (exact) mass is 274 g/mol. The van der Waals surface area contributed by atoms with E-state index in [1.165, 1.54) is 0 Å². The average Bonchev–Trinajstić information content (AvgIpc) is 2.49. The lowest BCUT2D eigenvalue weighted by Gasteiger charge is -2.28. The molecule has 1 aromatic heterocycles. The van der Waals surface area contributed by atoms with Crippen molar-refractivity contribution in [3.05, 3.63) is 54.7 Å². The van der Waals surface area contributed by atoms with Crippen LogP contribution >= 0.6 is 8.30 Å². The van der Waals surface area contributed by atoms with Gasteiger partial charge in [0, 0.05) is 19.3 Å². The number of nitrogens with zero attached hydrogens (tertiary/aromatic N) is 2. The Kier molecular flexibility index (Phi) is 5.31. The fourth-order valence-corrected chi connectivity index (χ4v) is 3.49. The SMILES string of the molecule is CCN(CC)P(Oc1ccccc1)c1ccccn1. The highest BCUT2D eigenvalue weighted by atomic mass is 31.2. The quantitative estimate of drug-likeness (QED) is 0.754. The van der Waals surface area contributed by atoms with Crippen LogP contribution in [0, 0.1) is 0 Å². The first-order chi connectivity index (χ1) is 9.35. The first-order valence-electron chi connectivity index (χ1n) is 6.54. The van der Waals surface area contributed by atoms with Crippen LogP contribution in [-0.4, -0.2) is 22.7 Å². The molecule has 0 aliphatic carbocycles. The third kappa shape index (κ3) is 3.76. The number of pyridine rings is 1. The smallest absolute Gasteiger partial charge is 0.216 e. The molecule has 1 atom stereocenters. The van der Waals surface area contributed by atoms with Gasteiger partial charge in [-0.05, 0) is 24.3 Å². The molecule has 1 unspecified atom stereocenters. The topological polar surface area (TPSA) is 25.4 Å². The molecule has 2 aromatic rings. The molecule has 100 valence electrons. The van der Waals surface area contributed by atoms with Crippen LogP contribution in [0.3, 0.4) is 0 Å². The van der Waals surface area contributed by atoms with Gasteiger partial charge in [-0.1, -0.05) is 38.1 Å². The van der Waals surface area contributed by atoms with Gasteiger partial charge in [-0.15, -0.1) is 0 Å². The van der Waals surface area contributed by atoms with Crippen molar-refractivity contribution < 1.29 is 4.52 Å². The molecular formula is C15H19N2OP. The number of para-hydroxylation sites is 1. The van der Waals surface area contributed by atoms with E-state index in [0.29, 0.717) is 0 Å². The third-order valence-corrected chi connectivity index (χ3v) is 4.89. The molecule has 0 saturated heterocycles. The van der Waals surface area contributed by atoms with Gasteiger partial charge in [0.25, 0.3) is 0 Å². The van der Waals surface area contributed by atoms with E-state index >= 15 is 0 Å². The molecular weight excluding hydrogens is 255 g/mol. The van der Waals surface area contributed by atoms with Gasteiger partial charge >= 0.3 is 0 Å². The van der Waals surface area contributed by atoms with Gasteiger partial charge < -0.3 is 4.52 Å². The molecule has 0 aliphatic heterocycles. The van der Waals surface area contributed by atoms with Gasteiger partial charge in [0.15, 0.2) is 0 Å². The highest BCUT2D eigenvalue weighted by molar-refractivity contribution is 7.58. The molecule has 19 heavy (non-hydrogen) atoms. The second-order valence-corrected chi connectivity index (χ2v) is 5.76. The van der Waals surface area contributed by atoms with Crippen LogP contribution in [0.5, 0.6) is 5.75 Å². The second kappa shape index (κ2) is 7.22. The van der Waals surface area contributed by atoms with Gasteiger partial charge in [-0.2, -0.15) is 0 Å². The van der Waals surface area contributed by atoms with Gasteiger partial charge in [-0.3, -0.25) is 4.98 Å². The Bertz CT molecular complexity index is 474. The Labute approximate surface area is 116 Å². The molecule has 1 aromatic carbocycles. The fraction of sp³-hybridized carbons (Fsp3) is 0.267. The van der Waals surface area contributed by atoms with E-state index in [2.05, 4.69) is 23.5 Å². The Morgan fingerprint density at radius 1 is 1.00 bits per heavy atom. The van der Waals surface area contributed by atoms with Crippen molar-refractivity contribution in [1.82, 2.24) is 9.65 Å². The standard InChI is InChI=1S/C15H19N2OP/c1-3-17(4-2)19(15-12-8-9-13-16-15)18-14-10-6-5-7-11-14/h5-13H,3-4H2,1-2H3. The summed E-state index contributed by atoms with van der Waals surface area (Å²) < 4.78 is 8.48. The molecule has 1 heterocycles. The van der Waals surface area contributed by atoms with Gasteiger partial charge in [0.05, 0.1) is 0 Å². The predicted molar refractivity (Wildman–Crippen MR) is 80.8 cm³/mol. The average molecular weight is 274 g/mol. The molecule has 4 heteroatoms. The van der Waals surface area contributed by atoms with Crippen LogP contribution in [0.25, 0.3) is 0 Å². The first kappa shape index (κ1) is 14.0. The molecule has 2 rings (SSSR count). The van der Waals surface area contributed by atoms with E-state index in [1.807, 2.05) is 54.7 Å². The maximum Gasteiger partial charge on any atom is 0.216 e. The number of benzene rings is 1. The van der Waals surface area contributed by atoms with Gasteiger partial charge in [-0.25, -0.2) is 4.67 Å². The summed E-state index contributed by atoms with van der Waals surface area (Å²) in [5.74, 6) is 0.895. The molecule has 0 amide bonds. The first-order valence-corrected chi connectivity index (χ1v) is 7.75. The van der Waals surface area contributed by atoms with E-state index in [4.69, 9.17) is 4.52 Å². The maximum absolute atomic E-state index is 6.17. The number of hydrogen-bond acceptors (Lipinski definition) is 3. The van der Waals surface area contributed by atoms with E-state index in [-0.39, 0.29) is 0 Å². The summed E-state index contributed by atoms with van der Waals surface area (Å²) in [5, 5.41) is 0. The van der Waals surface area contributed by atoms with E-state index in [0.717, 1.165) is 24.3 Å². The molecule has 3 nitrogen and oxygen atoms in total. The van der Waals surface area contributed by atoms with Crippen LogP contribution in [0.4, 0.5) is 0 Å². The Morgan fingerprint density at radius 2 is 1.68 bits per heavy atom. The molecule has 0 fully saturated rings. The number of hydrogen-bond donors (Lipinski definition) is 0. The molecule has 0 radical (unpaired) electrons. The van der Waals surface area contributed by atoms with Crippen molar-refractivity contribution in [2.45, 2.75) is 13.8 Å². The summed E-state index contributed by atoms with van der Waals surface area (Å²) in [6.07, 6.45) is 1.82. The summed E-state index contributed by atoms with van der Waals surface area (Å²) in [6, 6.07) is 15.9. The lowest BCUT2D eigenvalue weighted by atomic mass is 10.3. The normalized spacial score (nSPS) is 12.4. The van der Waals surface area contributed by atoms with Crippen molar-refractivity contribution >= 4 is 13.7 Å². The predicted octanol–water partition coefficient (Wildman–Crippen LogP) is 3.44. The Morgan fingerprint density at radius 3 is 2.26 bits per heavy atom. The maximum atomic E-state index is 6.17. The Balaban J connectivity index is 2.24. The van der Waals surface area contributed by atoms with E-state index < -0.39 is 8.30 Å². The lowest BCUT2D eigenvalue weighted by molar-refractivity contribution is 0.453. The van der Waals surface area contributed by atoms with Gasteiger partial charge in [0.1, 0.15) is 11.2 Å². The van der Waals surface area contributed by atoms with E-state index in [1.54, 1.807) is 0 Å². The largest absolute Gasteiger partial charge is 0.452 e. The Hall–Kier alpha value is -1.44. The highest BCUT2D eigenvalue weighted by Gasteiger charge is 2.22. The molecule has 0 N–H and O–H groups in total. The third-order valence-electron chi connectivity index (χ3n) is 2.77. The van der Waals surface area contributed by atoms with Crippen LogP contribution in [0.1, 0.15) is 13.8 Å². The second-order valence-electron chi connectivity index (χ2n) is 4.00. The minimum atomic E-state index is -0.873. The fourth-order valence-electron chi connectivity index (χ4n) is 1.78. The molecule has 0 aliphatic rings. The lowest BCUT2D eigenvalue weighted by Crippen LogP contribution is -2.26. The summed E-state index contributed by atoms with van der Waals surface area (Å²) >= 11 is 0. The van der Waals surface area contributed by atoms with Crippen molar-refractivity contribution in [3.63, 3.8) is 0 Å². The summed E-state index contributed by atoms with van der Waals surface area (Å²) in [6.45, 7) is 6.20. The number of rotatable bonds is 6. The van der Waals surface area contributed by atoms with Crippen molar-refractivity contribution in [1.29, 1.82) is 0 Å². The summed E-state index contributed by atoms with van der Waals surface area (Å²) in [5.41, 5.74) is 1.00. The molecule has 0 saturated carbocycles. The van der Waals surface area contributed by atoms with Crippen molar-refractivity contribution in [2.75, 3.05) is 13.1 Å². The van der Waals surface area contributed by atoms with Crippen LogP contribution in [0.15, 0.2) is 54.7 Å².